The number of carbonyl (C=O) groups excluding carboxylic acids is 2. The number of nitrogens with zero attached hydrogens (tertiary/aromatic N) is 2. The van der Waals surface area contributed by atoms with Gasteiger partial charge in [-0.3, -0.25) is 9.59 Å². The molecule has 0 radical (unpaired) electrons. The molecule has 1 saturated heterocycles. The number of benzene rings is 1. The first-order chi connectivity index (χ1) is 13.7. The van der Waals surface area contributed by atoms with Crippen molar-refractivity contribution >= 4 is 11.8 Å². The maximum atomic E-state index is 12.6. The quantitative estimate of drug-likeness (QED) is 0.784. The summed E-state index contributed by atoms with van der Waals surface area (Å²) in [5.74, 6) is 1.18. The normalized spacial score (nSPS) is 22.8. The van der Waals surface area contributed by atoms with Gasteiger partial charge in [0.1, 0.15) is 6.61 Å². The highest BCUT2D eigenvalue weighted by Crippen LogP contribution is 2.32. The molecule has 0 unspecified atom stereocenters. The molecule has 1 saturated carbocycles. The number of amides is 2. The van der Waals surface area contributed by atoms with E-state index in [0.29, 0.717) is 30.6 Å². The number of hydrogen-bond donors (Lipinski definition) is 2. The summed E-state index contributed by atoms with van der Waals surface area (Å²) < 4.78 is 10.9. The van der Waals surface area contributed by atoms with Crippen molar-refractivity contribution in [2.45, 2.75) is 50.2 Å². The van der Waals surface area contributed by atoms with Gasteiger partial charge in [0, 0.05) is 18.9 Å². The van der Waals surface area contributed by atoms with Crippen LogP contribution in [0, 0.1) is 0 Å². The summed E-state index contributed by atoms with van der Waals surface area (Å²) in [5, 5.41) is 9.72. The van der Waals surface area contributed by atoms with Gasteiger partial charge in [-0.15, -0.1) is 0 Å². The molecular weight excluding hydrogens is 360 g/mol. The first-order valence-corrected chi connectivity index (χ1v) is 9.77. The Balaban J connectivity index is 1.33. The highest BCUT2D eigenvalue weighted by molar-refractivity contribution is 5.86. The maximum Gasteiger partial charge on any atom is 0.251 e. The molecular formula is C20H24N4O4. The van der Waals surface area contributed by atoms with Gasteiger partial charge in [-0.1, -0.05) is 48.3 Å². The van der Waals surface area contributed by atoms with Crippen molar-refractivity contribution in [3.63, 3.8) is 0 Å². The zero-order chi connectivity index (χ0) is 19.3. The molecule has 8 nitrogen and oxygen atoms in total. The van der Waals surface area contributed by atoms with Crippen molar-refractivity contribution in [2.24, 2.45) is 0 Å². The molecule has 148 valence electrons. The van der Waals surface area contributed by atoms with E-state index in [2.05, 4.69) is 20.8 Å². The van der Waals surface area contributed by atoms with Gasteiger partial charge in [-0.25, -0.2) is 0 Å². The van der Waals surface area contributed by atoms with Gasteiger partial charge < -0.3 is 19.9 Å². The average Bonchev–Trinajstić information content (AvgIpc) is 3.40. The fraction of sp³-hybridized carbons (Fsp3) is 0.500. The van der Waals surface area contributed by atoms with E-state index in [-0.39, 0.29) is 18.4 Å². The van der Waals surface area contributed by atoms with Crippen molar-refractivity contribution in [1.29, 1.82) is 0 Å². The fourth-order valence-corrected chi connectivity index (χ4v) is 3.80. The molecule has 4 rings (SSSR count). The minimum atomic E-state index is -0.778. The number of hydrogen-bond acceptors (Lipinski definition) is 6. The molecule has 2 amide bonds. The zero-order valence-electron chi connectivity index (χ0n) is 15.6. The van der Waals surface area contributed by atoms with Gasteiger partial charge in [0.15, 0.2) is 11.9 Å². The monoisotopic (exact) mass is 384 g/mol. The number of carbonyl (C=O) groups is 2. The van der Waals surface area contributed by atoms with Gasteiger partial charge in [-0.2, -0.15) is 4.98 Å². The van der Waals surface area contributed by atoms with E-state index in [9.17, 15) is 9.59 Å². The Morgan fingerprint density at radius 3 is 2.79 bits per heavy atom. The number of ether oxygens (including phenoxy) is 1. The van der Waals surface area contributed by atoms with Crippen LogP contribution in [0.2, 0.25) is 0 Å². The molecule has 1 aliphatic carbocycles. The van der Waals surface area contributed by atoms with E-state index < -0.39 is 12.1 Å². The van der Waals surface area contributed by atoms with Crippen LogP contribution in [0.3, 0.4) is 0 Å². The van der Waals surface area contributed by atoms with Crippen molar-refractivity contribution in [2.75, 3.05) is 13.2 Å². The molecule has 0 bridgehead atoms. The Bertz CT molecular complexity index is 817. The van der Waals surface area contributed by atoms with Crippen LogP contribution in [-0.4, -0.2) is 41.2 Å². The van der Waals surface area contributed by atoms with E-state index in [0.717, 1.165) is 18.4 Å². The molecule has 2 aromatic rings. The molecule has 1 aromatic carbocycles. The summed E-state index contributed by atoms with van der Waals surface area (Å²) in [6.07, 6.45) is 4.32. The Labute approximate surface area is 163 Å². The summed E-state index contributed by atoms with van der Waals surface area (Å²) >= 11 is 0. The second-order valence-corrected chi connectivity index (χ2v) is 7.26. The first-order valence-electron chi connectivity index (χ1n) is 9.77. The number of morpholine rings is 1. The third kappa shape index (κ3) is 4.22. The third-order valence-electron chi connectivity index (χ3n) is 5.27. The maximum absolute atomic E-state index is 12.6. The van der Waals surface area contributed by atoms with Crippen LogP contribution in [0.5, 0.6) is 0 Å². The molecule has 8 heteroatoms. The zero-order valence-corrected chi connectivity index (χ0v) is 15.6. The lowest BCUT2D eigenvalue weighted by Gasteiger charge is -2.31. The fourth-order valence-electron chi connectivity index (χ4n) is 3.80. The molecule has 1 aliphatic heterocycles. The Morgan fingerprint density at radius 1 is 1.21 bits per heavy atom. The van der Waals surface area contributed by atoms with Gasteiger partial charge in [0.2, 0.25) is 11.8 Å². The second-order valence-electron chi connectivity index (χ2n) is 7.26. The summed E-state index contributed by atoms with van der Waals surface area (Å²) in [5.41, 5.74) is 0.829. The summed E-state index contributed by atoms with van der Waals surface area (Å²) in [7, 11) is 0. The summed E-state index contributed by atoms with van der Waals surface area (Å²) in [4.78, 5) is 28.8. The van der Waals surface area contributed by atoms with E-state index in [1.807, 2.05) is 30.3 Å². The van der Waals surface area contributed by atoms with E-state index >= 15 is 0 Å². The Morgan fingerprint density at radius 2 is 2.00 bits per heavy atom. The lowest BCUT2D eigenvalue weighted by Crippen LogP contribution is -2.52. The molecule has 2 fully saturated rings. The minimum absolute atomic E-state index is 0.128. The van der Waals surface area contributed by atoms with Crippen LogP contribution < -0.4 is 10.6 Å². The van der Waals surface area contributed by atoms with Gasteiger partial charge >= 0.3 is 0 Å². The number of rotatable bonds is 6. The van der Waals surface area contributed by atoms with E-state index in [4.69, 9.17) is 9.26 Å². The Hall–Kier alpha value is -2.74. The highest BCUT2D eigenvalue weighted by Gasteiger charge is 2.35. The summed E-state index contributed by atoms with van der Waals surface area (Å²) in [6.45, 7) is 0.245. The molecule has 2 N–H and O–H groups in total. The molecule has 2 aliphatic rings. The van der Waals surface area contributed by atoms with E-state index in [1.54, 1.807) is 0 Å². The molecule has 1 aromatic heterocycles. The standard InChI is InChI=1S/C20H24N4O4/c25-16-12-27-18(17(23-16)13-6-2-1-3-7-13)19(26)21-11-10-15-22-20(28-24-15)14-8-4-5-9-14/h1-3,6-7,14,17-18H,4-5,8-12H2,(H,21,26)(H,23,25)/t17-,18+/m1/s1. The van der Waals surface area contributed by atoms with Crippen LogP contribution in [0.25, 0.3) is 0 Å². The molecule has 2 atom stereocenters. The largest absolute Gasteiger partial charge is 0.356 e. The molecule has 28 heavy (non-hydrogen) atoms. The average molecular weight is 384 g/mol. The number of nitrogens with one attached hydrogen (secondary N) is 2. The van der Waals surface area contributed by atoms with E-state index in [1.165, 1.54) is 12.8 Å². The second kappa shape index (κ2) is 8.52. The Kier molecular flexibility index (Phi) is 5.66. The number of aromatic nitrogens is 2. The van der Waals surface area contributed by atoms with Gasteiger partial charge in [0.05, 0.1) is 6.04 Å². The SMILES string of the molecule is O=C1CO[C@H](C(=O)NCCc2noc(C3CCCC3)n2)[C@@H](c2ccccc2)N1. The van der Waals surface area contributed by atoms with Crippen LogP contribution in [0.1, 0.15) is 54.9 Å². The smallest absolute Gasteiger partial charge is 0.251 e. The predicted molar refractivity (Wildman–Crippen MR) is 99.3 cm³/mol. The highest BCUT2D eigenvalue weighted by atomic mass is 16.5. The lowest BCUT2D eigenvalue weighted by molar-refractivity contribution is -0.148. The third-order valence-corrected chi connectivity index (χ3v) is 5.27. The van der Waals surface area contributed by atoms with Crippen molar-refractivity contribution < 1.29 is 18.8 Å². The van der Waals surface area contributed by atoms with Crippen LogP contribution >= 0.6 is 0 Å². The minimum Gasteiger partial charge on any atom is -0.356 e. The van der Waals surface area contributed by atoms with Crippen molar-refractivity contribution in [1.82, 2.24) is 20.8 Å². The topological polar surface area (TPSA) is 106 Å². The van der Waals surface area contributed by atoms with Crippen molar-refractivity contribution in [3.05, 3.63) is 47.6 Å². The first kappa shape index (κ1) is 18.6. The lowest BCUT2D eigenvalue weighted by atomic mass is 9.99. The predicted octanol–water partition coefficient (Wildman–Crippen LogP) is 1.64. The van der Waals surface area contributed by atoms with Crippen LogP contribution in [-0.2, 0) is 20.7 Å². The van der Waals surface area contributed by atoms with Crippen LogP contribution in [0.15, 0.2) is 34.9 Å². The van der Waals surface area contributed by atoms with Crippen molar-refractivity contribution in [3.8, 4) is 0 Å². The molecule has 2 heterocycles. The molecule has 0 spiro atoms. The summed E-state index contributed by atoms with van der Waals surface area (Å²) in [6, 6.07) is 8.83. The van der Waals surface area contributed by atoms with Gasteiger partial charge in [-0.05, 0) is 18.4 Å². The van der Waals surface area contributed by atoms with Gasteiger partial charge in [0.25, 0.3) is 5.91 Å². The van der Waals surface area contributed by atoms with Crippen LogP contribution in [0.4, 0.5) is 0 Å².